The normalized spacial score (nSPS) is 11.9. The highest BCUT2D eigenvalue weighted by atomic mass is 32.2. The minimum atomic E-state index is 0.143. The van der Waals surface area contributed by atoms with Gasteiger partial charge in [-0.3, -0.25) is 4.79 Å². The maximum atomic E-state index is 11.9. The van der Waals surface area contributed by atoms with Crippen LogP contribution in [-0.2, 0) is 11.2 Å². The summed E-state index contributed by atoms with van der Waals surface area (Å²) in [5.74, 6) is 0.963. The van der Waals surface area contributed by atoms with Gasteiger partial charge in [-0.25, -0.2) is 0 Å². The summed E-state index contributed by atoms with van der Waals surface area (Å²) in [7, 11) is 0. The van der Waals surface area contributed by atoms with Crippen LogP contribution in [0.15, 0.2) is 65.6 Å². The lowest BCUT2D eigenvalue weighted by Gasteiger charge is -2.13. The number of aryl methyl sites for hydroxylation is 1. The quantitative estimate of drug-likeness (QED) is 0.736. The fourth-order valence-electron chi connectivity index (χ4n) is 2.23. The SMILES string of the molecule is C[C@@H](CCc1ccccc1)NC(=O)CCSc1ccccc1. The number of hydrogen-bond donors (Lipinski definition) is 1. The highest BCUT2D eigenvalue weighted by Gasteiger charge is 2.07. The molecule has 2 rings (SSSR count). The van der Waals surface area contributed by atoms with E-state index in [1.54, 1.807) is 11.8 Å². The predicted octanol–water partition coefficient (Wildman–Crippen LogP) is 4.31. The third kappa shape index (κ3) is 6.35. The molecule has 2 nitrogen and oxygen atoms in total. The van der Waals surface area contributed by atoms with E-state index in [2.05, 4.69) is 48.6 Å². The smallest absolute Gasteiger partial charge is 0.221 e. The molecular weight excluding hydrogens is 290 g/mol. The number of benzene rings is 2. The summed E-state index contributed by atoms with van der Waals surface area (Å²) in [6, 6.07) is 20.8. The summed E-state index contributed by atoms with van der Waals surface area (Å²) in [5.41, 5.74) is 1.32. The third-order valence-corrected chi connectivity index (χ3v) is 4.47. The molecular formula is C19H23NOS. The van der Waals surface area contributed by atoms with E-state index in [0.717, 1.165) is 18.6 Å². The monoisotopic (exact) mass is 313 g/mol. The van der Waals surface area contributed by atoms with Crippen molar-refractivity contribution in [2.45, 2.75) is 37.1 Å². The molecule has 0 aliphatic carbocycles. The van der Waals surface area contributed by atoms with Gasteiger partial charge >= 0.3 is 0 Å². The summed E-state index contributed by atoms with van der Waals surface area (Å²) in [4.78, 5) is 13.1. The standard InChI is InChI=1S/C19H23NOS/c1-16(12-13-17-8-4-2-5-9-17)20-19(21)14-15-22-18-10-6-3-7-11-18/h2-11,16H,12-15H2,1H3,(H,20,21)/t16-/m0/s1. The minimum Gasteiger partial charge on any atom is -0.354 e. The molecule has 1 amide bonds. The molecule has 0 aromatic heterocycles. The predicted molar refractivity (Wildman–Crippen MR) is 94.2 cm³/mol. The Labute approximate surface area is 137 Å². The highest BCUT2D eigenvalue weighted by Crippen LogP contribution is 2.17. The molecule has 0 saturated heterocycles. The van der Waals surface area contributed by atoms with Gasteiger partial charge in [-0.15, -0.1) is 11.8 Å². The third-order valence-electron chi connectivity index (χ3n) is 3.46. The summed E-state index contributed by atoms with van der Waals surface area (Å²) >= 11 is 1.73. The van der Waals surface area contributed by atoms with Crippen molar-refractivity contribution in [3.05, 3.63) is 66.2 Å². The van der Waals surface area contributed by atoms with Crippen LogP contribution in [0.4, 0.5) is 0 Å². The van der Waals surface area contributed by atoms with Gasteiger partial charge in [0.05, 0.1) is 0 Å². The van der Waals surface area contributed by atoms with E-state index < -0.39 is 0 Å². The molecule has 2 aromatic rings. The maximum absolute atomic E-state index is 11.9. The fraction of sp³-hybridized carbons (Fsp3) is 0.316. The molecule has 116 valence electrons. The number of thioether (sulfide) groups is 1. The molecule has 0 bridgehead atoms. The van der Waals surface area contributed by atoms with E-state index >= 15 is 0 Å². The average Bonchev–Trinajstić information content (AvgIpc) is 2.55. The molecule has 0 spiro atoms. The van der Waals surface area contributed by atoms with Crippen molar-refractivity contribution in [3.63, 3.8) is 0 Å². The Morgan fingerprint density at radius 3 is 2.36 bits per heavy atom. The van der Waals surface area contributed by atoms with E-state index in [-0.39, 0.29) is 11.9 Å². The van der Waals surface area contributed by atoms with Crippen molar-refractivity contribution < 1.29 is 4.79 Å². The molecule has 0 saturated carbocycles. The first-order chi connectivity index (χ1) is 10.7. The molecule has 0 radical (unpaired) electrons. The van der Waals surface area contributed by atoms with E-state index in [4.69, 9.17) is 0 Å². The van der Waals surface area contributed by atoms with Crippen LogP contribution in [0.1, 0.15) is 25.3 Å². The van der Waals surface area contributed by atoms with Crippen molar-refractivity contribution in [2.24, 2.45) is 0 Å². The number of amides is 1. The molecule has 1 atom stereocenters. The van der Waals surface area contributed by atoms with Crippen molar-refractivity contribution in [1.29, 1.82) is 0 Å². The zero-order valence-corrected chi connectivity index (χ0v) is 13.8. The van der Waals surface area contributed by atoms with Crippen LogP contribution in [0.3, 0.4) is 0 Å². The first-order valence-electron chi connectivity index (χ1n) is 7.75. The Bertz CT molecular complexity index is 556. The van der Waals surface area contributed by atoms with E-state index in [0.29, 0.717) is 6.42 Å². The van der Waals surface area contributed by atoms with Crippen molar-refractivity contribution in [2.75, 3.05) is 5.75 Å². The van der Waals surface area contributed by atoms with E-state index in [1.807, 2.05) is 24.3 Å². The number of carbonyl (C=O) groups excluding carboxylic acids is 1. The molecule has 22 heavy (non-hydrogen) atoms. The van der Waals surface area contributed by atoms with Crippen LogP contribution < -0.4 is 5.32 Å². The maximum Gasteiger partial charge on any atom is 0.221 e. The zero-order chi connectivity index (χ0) is 15.6. The number of rotatable bonds is 8. The molecule has 0 heterocycles. The number of carbonyl (C=O) groups is 1. The lowest BCUT2D eigenvalue weighted by atomic mass is 10.1. The average molecular weight is 313 g/mol. The Morgan fingerprint density at radius 1 is 1.05 bits per heavy atom. The second kappa shape index (κ2) is 9.31. The Hall–Kier alpha value is -1.74. The fourth-order valence-corrected chi connectivity index (χ4v) is 3.10. The lowest BCUT2D eigenvalue weighted by molar-refractivity contribution is -0.121. The highest BCUT2D eigenvalue weighted by molar-refractivity contribution is 7.99. The van der Waals surface area contributed by atoms with Crippen molar-refractivity contribution in [1.82, 2.24) is 5.32 Å². The zero-order valence-electron chi connectivity index (χ0n) is 13.0. The molecule has 0 aliphatic heterocycles. The Balaban J connectivity index is 1.62. The van der Waals surface area contributed by atoms with Gasteiger partial charge in [-0.05, 0) is 37.5 Å². The summed E-state index contributed by atoms with van der Waals surface area (Å²) in [6.07, 6.45) is 2.54. The molecule has 0 aliphatic rings. The summed E-state index contributed by atoms with van der Waals surface area (Å²) < 4.78 is 0. The van der Waals surface area contributed by atoms with Crippen molar-refractivity contribution in [3.8, 4) is 0 Å². The first kappa shape index (κ1) is 16.6. The number of hydrogen-bond acceptors (Lipinski definition) is 2. The van der Waals surface area contributed by atoms with Gasteiger partial charge in [0.2, 0.25) is 5.91 Å². The topological polar surface area (TPSA) is 29.1 Å². The minimum absolute atomic E-state index is 0.143. The van der Waals surface area contributed by atoms with Gasteiger partial charge in [0, 0.05) is 23.1 Å². The van der Waals surface area contributed by atoms with E-state index in [9.17, 15) is 4.79 Å². The molecule has 0 unspecified atom stereocenters. The van der Waals surface area contributed by atoms with Crippen LogP contribution >= 0.6 is 11.8 Å². The molecule has 2 aromatic carbocycles. The Morgan fingerprint density at radius 2 is 1.68 bits per heavy atom. The second-order valence-electron chi connectivity index (χ2n) is 5.40. The summed E-state index contributed by atoms with van der Waals surface area (Å²) in [5, 5.41) is 3.08. The van der Waals surface area contributed by atoms with Crippen LogP contribution in [-0.4, -0.2) is 17.7 Å². The summed E-state index contributed by atoms with van der Waals surface area (Å²) in [6.45, 7) is 2.07. The van der Waals surface area contributed by atoms with Gasteiger partial charge < -0.3 is 5.32 Å². The van der Waals surface area contributed by atoms with Crippen LogP contribution in [0.5, 0.6) is 0 Å². The second-order valence-corrected chi connectivity index (χ2v) is 6.57. The number of nitrogens with one attached hydrogen (secondary N) is 1. The first-order valence-corrected chi connectivity index (χ1v) is 8.74. The van der Waals surface area contributed by atoms with Gasteiger partial charge in [-0.1, -0.05) is 48.5 Å². The molecule has 1 N–H and O–H groups in total. The largest absolute Gasteiger partial charge is 0.354 e. The van der Waals surface area contributed by atoms with Crippen molar-refractivity contribution >= 4 is 17.7 Å². The van der Waals surface area contributed by atoms with Crippen LogP contribution in [0, 0.1) is 0 Å². The molecule has 3 heteroatoms. The lowest BCUT2D eigenvalue weighted by Crippen LogP contribution is -2.33. The molecule has 0 fully saturated rings. The van der Waals surface area contributed by atoms with E-state index in [1.165, 1.54) is 10.5 Å². The van der Waals surface area contributed by atoms with Gasteiger partial charge in [-0.2, -0.15) is 0 Å². The Kier molecular flexibility index (Phi) is 7.04. The van der Waals surface area contributed by atoms with Gasteiger partial charge in [0.1, 0.15) is 0 Å². The van der Waals surface area contributed by atoms with Gasteiger partial charge in [0.15, 0.2) is 0 Å². The van der Waals surface area contributed by atoms with Gasteiger partial charge in [0.25, 0.3) is 0 Å². The van der Waals surface area contributed by atoms with Crippen LogP contribution in [0.2, 0.25) is 0 Å². The van der Waals surface area contributed by atoms with Crippen LogP contribution in [0.25, 0.3) is 0 Å².